The Bertz CT molecular complexity index is 504. The fourth-order valence-electron chi connectivity index (χ4n) is 3.17. The second-order valence-corrected chi connectivity index (χ2v) is 7.27. The Morgan fingerprint density at radius 3 is 2.65 bits per heavy atom. The molecule has 1 aromatic heterocycles. The fraction of sp³-hybridized carbons (Fsp3) is 0.667. The number of amides is 2. The van der Waals surface area contributed by atoms with Crippen LogP contribution in [0.15, 0.2) is 24.5 Å². The van der Waals surface area contributed by atoms with E-state index in [0.29, 0.717) is 13.1 Å². The Morgan fingerprint density at radius 2 is 2.00 bits per heavy atom. The zero-order valence-electron chi connectivity index (χ0n) is 14.5. The Labute approximate surface area is 139 Å². The number of carbonyl (C=O) groups is 1. The molecule has 1 aliphatic carbocycles. The molecule has 1 heterocycles. The van der Waals surface area contributed by atoms with Crippen molar-refractivity contribution in [1.82, 2.24) is 15.2 Å². The van der Waals surface area contributed by atoms with Gasteiger partial charge in [0.2, 0.25) is 0 Å². The van der Waals surface area contributed by atoms with E-state index < -0.39 is 0 Å². The van der Waals surface area contributed by atoms with Crippen molar-refractivity contribution >= 4 is 6.03 Å². The highest BCUT2D eigenvalue weighted by atomic mass is 16.3. The standard InChI is InChI=1S/C18H29N3O2/c1-18(2,15-8-10-19-11-9-15)13-20-17(23)21(3)12-14-6-4-5-7-16(14)22/h8-11,14,16,22H,4-7,12-13H2,1-3H3,(H,20,23). The van der Waals surface area contributed by atoms with Gasteiger partial charge in [0.05, 0.1) is 6.10 Å². The molecule has 0 spiro atoms. The van der Waals surface area contributed by atoms with Gasteiger partial charge in [-0.3, -0.25) is 4.98 Å². The topological polar surface area (TPSA) is 65.5 Å². The van der Waals surface area contributed by atoms with E-state index in [1.165, 1.54) is 0 Å². The third-order valence-corrected chi connectivity index (χ3v) is 4.87. The number of rotatable bonds is 5. The van der Waals surface area contributed by atoms with Crippen LogP contribution in [-0.2, 0) is 5.41 Å². The lowest BCUT2D eigenvalue weighted by Gasteiger charge is -2.32. The van der Waals surface area contributed by atoms with Gasteiger partial charge in [-0.15, -0.1) is 0 Å². The van der Waals surface area contributed by atoms with Crippen LogP contribution in [0.5, 0.6) is 0 Å². The van der Waals surface area contributed by atoms with E-state index >= 15 is 0 Å². The van der Waals surface area contributed by atoms with Gasteiger partial charge in [0, 0.05) is 43.9 Å². The van der Waals surface area contributed by atoms with E-state index in [9.17, 15) is 9.90 Å². The lowest BCUT2D eigenvalue weighted by atomic mass is 9.85. The Hall–Kier alpha value is -1.62. The summed E-state index contributed by atoms with van der Waals surface area (Å²) in [5, 5.41) is 13.1. The highest BCUT2D eigenvalue weighted by molar-refractivity contribution is 5.74. The molecule has 2 atom stereocenters. The van der Waals surface area contributed by atoms with Crippen LogP contribution in [0.2, 0.25) is 0 Å². The molecule has 1 aliphatic rings. The van der Waals surface area contributed by atoms with Crippen LogP contribution in [0.4, 0.5) is 4.79 Å². The molecule has 5 heteroatoms. The number of nitrogens with zero attached hydrogens (tertiary/aromatic N) is 2. The third-order valence-electron chi connectivity index (χ3n) is 4.87. The zero-order chi connectivity index (χ0) is 16.9. The summed E-state index contributed by atoms with van der Waals surface area (Å²) in [6.07, 6.45) is 7.37. The van der Waals surface area contributed by atoms with Crippen LogP contribution in [0.3, 0.4) is 0 Å². The molecule has 2 unspecified atom stereocenters. The minimum absolute atomic E-state index is 0.0788. The normalized spacial score (nSPS) is 21.7. The van der Waals surface area contributed by atoms with Crippen LogP contribution in [0.1, 0.15) is 45.1 Å². The summed E-state index contributed by atoms with van der Waals surface area (Å²) in [6.45, 7) is 5.39. The van der Waals surface area contributed by atoms with Crippen LogP contribution >= 0.6 is 0 Å². The van der Waals surface area contributed by atoms with Gasteiger partial charge in [-0.1, -0.05) is 26.7 Å². The maximum Gasteiger partial charge on any atom is 0.317 e. The number of aromatic nitrogens is 1. The number of nitrogens with one attached hydrogen (secondary N) is 1. The summed E-state index contributed by atoms with van der Waals surface area (Å²) in [7, 11) is 1.80. The number of hydrogen-bond donors (Lipinski definition) is 2. The molecule has 5 nitrogen and oxygen atoms in total. The molecule has 2 amide bonds. The van der Waals surface area contributed by atoms with Gasteiger partial charge < -0.3 is 15.3 Å². The van der Waals surface area contributed by atoms with Gasteiger partial charge in [0.1, 0.15) is 0 Å². The summed E-state index contributed by atoms with van der Waals surface area (Å²) in [6, 6.07) is 3.88. The van der Waals surface area contributed by atoms with Crippen LogP contribution < -0.4 is 5.32 Å². The number of pyridine rings is 1. The molecule has 128 valence electrons. The molecule has 0 aliphatic heterocycles. The monoisotopic (exact) mass is 319 g/mol. The highest BCUT2D eigenvalue weighted by Gasteiger charge is 2.27. The quantitative estimate of drug-likeness (QED) is 0.876. The molecule has 1 saturated carbocycles. The van der Waals surface area contributed by atoms with Crippen molar-refractivity contribution in [3.63, 3.8) is 0 Å². The van der Waals surface area contributed by atoms with Gasteiger partial charge in [-0.05, 0) is 30.5 Å². The van der Waals surface area contributed by atoms with E-state index in [0.717, 1.165) is 31.2 Å². The number of carbonyl (C=O) groups excluding carboxylic acids is 1. The summed E-state index contributed by atoms with van der Waals surface area (Å²) in [5.41, 5.74) is 1.00. The minimum atomic E-state index is -0.271. The predicted octanol–water partition coefficient (Wildman–Crippen LogP) is 2.55. The van der Waals surface area contributed by atoms with Gasteiger partial charge in [0.25, 0.3) is 0 Å². The van der Waals surface area contributed by atoms with Crippen molar-refractivity contribution in [3.05, 3.63) is 30.1 Å². The summed E-state index contributed by atoms with van der Waals surface area (Å²) in [4.78, 5) is 18.1. The smallest absolute Gasteiger partial charge is 0.317 e. The Morgan fingerprint density at radius 1 is 1.35 bits per heavy atom. The van der Waals surface area contributed by atoms with Gasteiger partial charge in [0.15, 0.2) is 0 Å². The molecular weight excluding hydrogens is 290 g/mol. The second kappa shape index (κ2) is 7.77. The molecular formula is C18H29N3O2. The van der Waals surface area contributed by atoms with E-state index in [2.05, 4.69) is 24.1 Å². The summed E-state index contributed by atoms with van der Waals surface area (Å²) in [5.74, 6) is 0.202. The minimum Gasteiger partial charge on any atom is -0.393 e. The highest BCUT2D eigenvalue weighted by Crippen LogP contribution is 2.25. The molecule has 1 aromatic rings. The molecule has 0 radical (unpaired) electrons. The third kappa shape index (κ3) is 4.93. The van der Waals surface area contributed by atoms with Crippen molar-refractivity contribution in [1.29, 1.82) is 0 Å². The first-order chi connectivity index (χ1) is 10.9. The lowest BCUT2D eigenvalue weighted by molar-refractivity contribution is 0.0564. The maximum atomic E-state index is 12.3. The van der Waals surface area contributed by atoms with Crippen LogP contribution in [0.25, 0.3) is 0 Å². The van der Waals surface area contributed by atoms with Crippen molar-refractivity contribution in [2.45, 2.75) is 51.0 Å². The van der Waals surface area contributed by atoms with E-state index in [-0.39, 0.29) is 23.5 Å². The predicted molar refractivity (Wildman–Crippen MR) is 91.3 cm³/mol. The van der Waals surface area contributed by atoms with Crippen LogP contribution in [0, 0.1) is 5.92 Å². The van der Waals surface area contributed by atoms with E-state index in [1.807, 2.05) is 12.1 Å². The largest absolute Gasteiger partial charge is 0.393 e. The summed E-state index contributed by atoms with van der Waals surface area (Å²) >= 11 is 0. The van der Waals surface area contributed by atoms with Crippen molar-refractivity contribution in [2.24, 2.45) is 5.92 Å². The zero-order valence-corrected chi connectivity index (χ0v) is 14.5. The van der Waals surface area contributed by atoms with E-state index in [1.54, 1.807) is 24.3 Å². The second-order valence-electron chi connectivity index (χ2n) is 7.27. The maximum absolute atomic E-state index is 12.3. The molecule has 0 aromatic carbocycles. The number of hydrogen-bond acceptors (Lipinski definition) is 3. The fourth-order valence-corrected chi connectivity index (χ4v) is 3.17. The number of urea groups is 1. The Kier molecular flexibility index (Phi) is 5.99. The number of aliphatic hydroxyl groups excluding tert-OH is 1. The van der Waals surface area contributed by atoms with Crippen molar-refractivity contribution in [3.8, 4) is 0 Å². The first-order valence-electron chi connectivity index (χ1n) is 8.47. The SMILES string of the molecule is CN(CC1CCCCC1O)C(=O)NCC(C)(C)c1ccncc1. The molecule has 1 fully saturated rings. The average molecular weight is 319 g/mol. The molecule has 23 heavy (non-hydrogen) atoms. The number of aliphatic hydroxyl groups is 1. The lowest BCUT2D eigenvalue weighted by Crippen LogP contribution is -2.46. The average Bonchev–Trinajstić information content (AvgIpc) is 2.55. The summed E-state index contributed by atoms with van der Waals surface area (Å²) < 4.78 is 0. The van der Waals surface area contributed by atoms with Gasteiger partial charge in [-0.2, -0.15) is 0 Å². The molecule has 0 bridgehead atoms. The molecule has 2 rings (SSSR count). The molecule has 2 N–H and O–H groups in total. The van der Waals surface area contributed by atoms with Crippen LogP contribution in [-0.4, -0.2) is 47.3 Å². The van der Waals surface area contributed by atoms with Crippen molar-refractivity contribution in [2.75, 3.05) is 20.1 Å². The van der Waals surface area contributed by atoms with Crippen molar-refractivity contribution < 1.29 is 9.90 Å². The molecule has 0 saturated heterocycles. The van der Waals surface area contributed by atoms with E-state index in [4.69, 9.17) is 0 Å². The van der Waals surface area contributed by atoms with Gasteiger partial charge in [-0.25, -0.2) is 4.79 Å². The first-order valence-corrected chi connectivity index (χ1v) is 8.47. The first kappa shape index (κ1) is 17.7. The Balaban J connectivity index is 1.84. The van der Waals surface area contributed by atoms with Gasteiger partial charge >= 0.3 is 6.03 Å².